The Labute approximate surface area is 116 Å². The van der Waals surface area contributed by atoms with Crippen LogP contribution in [0.15, 0.2) is 47.1 Å². The third-order valence-electron chi connectivity index (χ3n) is 2.40. The lowest BCUT2D eigenvalue weighted by atomic mass is 10.2. The normalized spacial score (nSPS) is 11.0. The van der Waals surface area contributed by atoms with Crippen LogP contribution in [0.3, 0.4) is 0 Å². The summed E-state index contributed by atoms with van der Waals surface area (Å²) in [6.45, 7) is 0. The fraction of sp³-hybridized carbons (Fsp3) is 0.0769. The molecule has 0 saturated carbocycles. The number of rotatable bonds is 3. The highest BCUT2D eigenvalue weighted by Crippen LogP contribution is 2.20. The molecule has 8 heteroatoms. The molecule has 5 nitrogen and oxygen atoms in total. The van der Waals surface area contributed by atoms with Crippen LogP contribution < -0.4 is 10.6 Å². The van der Waals surface area contributed by atoms with Gasteiger partial charge in [-0.15, -0.1) is 0 Å². The van der Waals surface area contributed by atoms with Crippen LogP contribution in [-0.4, -0.2) is 18.0 Å². The second-order valence-corrected chi connectivity index (χ2v) is 3.96. The van der Waals surface area contributed by atoms with Gasteiger partial charge in [0.05, 0.1) is 6.26 Å². The maximum absolute atomic E-state index is 12.1. The standard InChI is InChI=1S/C13H9F3N2O3/c14-13(15,16)12(20)18-9-5-3-8(4-6-9)17-11(19)10-2-1-7-21-10/h1-7H,(H,17,19)(H,18,20). The number of carbonyl (C=O) groups excluding carboxylic acids is 2. The number of benzene rings is 1. The summed E-state index contributed by atoms with van der Waals surface area (Å²) in [5, 5.41) is 4.18. The Kier molecular flexibility index (Phi) is 3.97. The van der Waals surface area contributed by atoms with Gasteiger partial charge in [-0.25, -0.2) is 0 Å². The van der Waals surface area contributed by atoms with E-state index in [0.29, 0.717) is 5.69 Å². The molecule has 0 aliphatic carbocycles. The predicted octanol–water partition coefficient (Wildman–Crippen LogP) is 3.03. The molecule has 1 aromatic heterocycles. The van der Waals surface area contributed by atoms with Gasteiger partial charge in [0.1, 0.15) is 0 Å². The quantitative estimate of drug-likeness (QED) is 0.915. The third kappa shape index (κ3) is 3.85. The first-order valence-corrected chi connectivity index (χ1v) is 5.69. The fourth-order valence-electron chi connectivity index (χ4n) is 1.44. The number of hydrogen-bond acceptors (Lipinski definition) is 3. The minimum atomic E-state index is -4.95. The number of nitrogens with one attached hydrogen (secondary N) is 2. The number of anilines is 2. The van der Waals surface area contributed by atoms with Crippen molar-refractivity contribution in [2.24, 2.45) is 0 Å². The smallest absolute Gasteiger partial charge is 0.459 e. The van der Waals surface area contributed by atoms with Crippen LogP contribution in [0, 0.1) is 0 Å². The van der Waals surface area contributed by atoms with Crippen LogP contribution in [-0.2, 0) is 4.79 Å². The summed E-state index contributed by atoms with van der Waals surface area (Å²) in [7, 11) is 0. The fourth-order valence-corrected chi connectivity index (χ4v) is 1.44. The van der Waals surface area contributed by atoms with Crippen molar-refractivity contribution < 1.29 is 27.2 Å². The molecule has 0 bridgehead atoms. The van der Waals surface area contributed by atoms with Crippen LogP contribution in [0.5, 0.6) is 0 Å². The van der Waals surface area contributed by atoms with Gasteiger partial charge in [0, 0.05) is 11.4 Å². The van der Waals surface area contributed by atoms with Crippen LogP contribution >= 0.6 is 0 Å². The van der Waals surface area contributed by atoms with Gasteiger partial charge in [-0.1, -0.05) is 0 Å². The highest BCUT2D eigenvalue weighted by molar-refractivity contribution is 6.02. The summed E-state index contributed by atoms with van der Waals surface area (Å²) in [6.07, 6.45) is -3.61. The zero-order valence-electron chi connectivity index (χ0n) is 10.4. The molecule has 1 heterocycles. The number of carbonyl (C=O) groups is 2. The lowest BCUT2D eigenvalue weighted by molar-refractivity contribution is -0.167. The van der Waals surface area contributed by atoms with E-state index in [9.17, 15) is 22.8 Å². The molecule has 2 N–H and O–H groups in total. The average Bonchev–Trinajstić information content (AvgIpc) is 2.94. The largest absolute Gasteiger partial charge is 0.471 e. The van der Waals surface area contributed by atoms with E-state index in [-0.39, 0.29) is 11.4 Å². The van der Waals surface area contributed by atoms with Gasteiger partial charge >= 0.3 is 12.1 Å². The molecular weight excluding hydrogens is 289 g/mol. The van der Waals surface area contributed by atoms with Crippen LogP contribution in [0.1, 0.15) is 10.6 Å². The number of hydrogen-bond donors (Lipinski definition) is 2. The predicted molar refractivity (Wildman–Crippen MR) is 67.8 cm³/mol. The maximum atomic E-state index is 12.1. The van der Waals surface area contributed by atoms with E-state index in [1.807, 2.05) is 0 Å². The van der Waals surface area contributed by atoms with Crippen molar-refractivity contribution in [1.82, 2.24) is 0 Å². The third-order valence-corrected chi connectivity index (χ3v) is 2.40. The summed E-state index contributed by atoms with van der Waals surface area (Å²) < 4.78 is 41.1. The van der Waals surface area contributed by atoms with Crippen LogP contribution in [0.4, 0.5) is 24.5 Å². The van der Waals surface area contributed by atoms with E-state index in [1.54, 1.807) is 11.4 Å². The molecule has 2 rings (SSSR count). The van der Waals surface area contributed by atoms with Crippen molar-refractivity contribution >= 4 is 23.2 Å². The maximum Gasteiger partial charge on any atom is 0.471 e. The van der Waals surface area contributed by atoms with Crippen molar-refractivity contribution in [3.05, 3.63) is 48.4 Å². The van der Waals surface area contributed by atoms with E-state index >= 15 is 0 Å². The van der Waals surface area contributed by atoms with E-state index in [1.165, 1.54) is 36.6 Å². The van der Waals surface area contributed by atoms with Gasteiger partial charge in [0.15, 0.2) is 5.76 Å². The average molecular weight is 298 g/mol. The molecule has 1 aromatic carbocycles. The summed E-state index contributed by atoms with van der Waals surface area (Å²) in [5.74, 6) is -2.45. The van der Waals surface area contributed by atoms with Gasteiger partial charge in [-0.05, 0) is 36.4 Å². The van der Waals surface area contributed by atoms with E-state index in [0.717, 1.165) is 0 Å². The van der Waals surface area contributed by atoms with Crippen molar-refractivity contribution in [3.63, 3.8) is 0 Å². The molecule has 0 fully saturated rings. The molecule has 0 aliphatic rings. The van der Waals surface area contributed by atoms with Crippen molar-refractivity contribution in [2.45, 2.75) is 6.18 Å². The second-order valence-electron chi connectivity index (χ2n) is 3.96. The van der Waals surface area contributed by atoms with E-state index in [2.05, 4.69) is 5.32 Å². The Bertz CT molecular complexity index is 634. The Balaban J connectivity index is 1.99. The Morgan fingerprint density at radius 1 is 0.952 bits per heavy atom. The number of halogens is 3. The second kappa shape index (κ2) is 5.70. The van der Waals surface area contributed by atoms with Gasteiger partial charge in [0.2, 0.25) is 0 Å². The first kappa shape index (κ1) is 14.6. The monoisotopic (exact) mass is 298 g/mol. The van der Waals surface area contributed by atoms with Gasteiger partial charge in [-0.3, -0.25) is 9.59 Å². The van der Waals surface area contributed by atoms with Gasteiger partial charge in [-0.2, -0.15) is 13.2 Å². The molecule has 0 atom stereocenters. The minimum absolute atomic E-state index is 0.0340. The first-order chi connectivity index (χ1) is 9.86. The summed E-state index contributed by atoms with van der Waals surface area (Å²) in [4.78, 5) is 22.4. The number of amides is 2. The lowest BCUT2D eigenvalue weighted by Gasteiger charge is -2.09. The Hall–Kier alpha value is -2.77. The molecule has 0 radical (unpaired) electrons. The van der Waals surface area contributed by atoms with Gasteiger partial charge in [0.25, 0.3) is 5.91 Å². The Morgan fingerprint density at radius 3 is 2.00 bits per heavy atom. The van der Waals surface area contributed by atoms with Crippen molar-refractivity contribution in [3.8, 4) is 0 Å². The molecular formula is C13H9F3N2O3. The molecule has 0 unspecified atom stereocenters. The van der Waals surface area contributed by atoms with Crippen molar-refractivity contribution in [1.29, 1.82) is 0 Å². The molecule has 0 saturated heterocycles. The molecule has 21 heavy (non-hydrogen) atoms. The summed E-state index contributed by atoms with van der Waals surface area (Å²) >= 11 is 0. The molecule has 110 valence electrons. The topological polar surface area (TPSA) is 71.3 Å². The highest BCUT2D eigenvalue weighted by atomic mass is 19.4. The minimum Gasteiger partial charge on any atom is -0.459 e. The van der Waals surface area contributed by atoms with Crippen molar-refractivity contribution in [2.75, 3.05) is 10.6 Å². The molecule has 0 aliphatic heterocycles. The Morgan fingerprint density at radius 2 is 1.52 bits per heavy atom. The summed E-state index contributed by atoms with van der Waals surface area (Å²) in [6, 6.07) is 8.19. The lowest BCUT2D eigenvalue weighted by Crippen LogP contribution is -2.29. The molecule has 0 spiro atoms. The summed E-state index contributed by atoms with van der Waals surface area (Å²) in [5.41, 5.74) is 0.315. The zero-order chi connectivity index (χ0) is 15.5. The number of alkyl halides is 3. The highest BCUT2D eigenvalue weighted by Gasteiger charge is 2.38. The first-order valence-electron chi connectivity index (χ1n) is 5.69. The molecule has 2 aromatic rings. The van der Waals surface area contributed by atoms with Gasteiger partial charge < -0.3 is 15.1 Å². The van der Waals surface area contributed by atoms with E-state index < -0.39 is 18.0 Å². The SMILES string of the molecule is O=C(Nc1ccc(NC(=O)C(F)(F)F)cc1)c1ccco1. The zero-order valence-corrected chi connectivity index (χ0v) is 10.4. The van der Waals surface area contributed by atoms with E-state index in [4.69, 9.17) is 4.42 Å². The van der Waals surface area contributed by atoms with Crippen LogP contribution in [0.2, 0.25) is 0 Å². The number of furan rings is 1. The molecule has 2 amide bonds. The van der Waals surface area contributed by atoms with Crippen LogP contribution in [0.25, 0.3) is 0 Å².